The number of aliphatic hydroxyl groups excluding tert-OH is 1. The Hall–Kier alpha value is -0.860. The first-order chi connectivity index (χ1) is 9.06. The fraction of sp³-hybridized carbons (Fsp3) is 0.647. The molecule has 1 N–H and O–H groups in total. The molecule has 19 heavy (non-hydrogen) atoms. The highest BCUT2D eigenvalue weighted by atomic mass is 16.3. The summed E-state index contributed by atoms with van der Waals surface area (Å²) in [6, 6.07) is 4.44. The second-order valence-corrected chi connectivity index (χ2v) is 6.10. The molecule has 0 aliphatic carbocycles. The van der Waals surface area contributed by atoms with Gasteiger partial charge in [-0.2, -0.15) is 0 Å². The maximum atomic E-state index is 10.3. The highest BCUT2D eigenvalue weighted by Gasteiger charge is 2.16. The minimum Gasteiger partial charge on any atom is -0.391 e. The molecular formula is C17H27NO. The minimum atomic E-state index is -0.238. The molecule has 1 aromatic carbocycles. The number of likely N-dealkylation sites (tertiary alicyclic amines) is 1. The molecule has 1 saturated heterocycles. The van der Waals surface area contributed by atoms with Crippen molar-refractivity contribution in [1.82, 2.24) is 4.90 Å². The van der Waals surface area contributed by atoms with Gasteiger partial charge in [-0.1, -0.05) is 24.1 Å². The lowest BCUT2D eigenvalue weighted by molar-refractivity contribution is 0.101. The van der Waals surface area contributed by atoms with Crippen LogP contribution in [0, 0.1) is 20.8 Å². The van der Waals surface area contributed by atoms with E-state index < -0.39 is 0 Å². The minimum absolute atomic E-state index is 0.238. The number of piperidine rings is 1. The summed E-state index contributed by atoms with van der Waals surface area (Å²) in [5, 5.41) is 10.3. The summed E-state index contributed by atoms with van der Waals surface area (Å²) in [6.45, 7) is 9.58. The zero-order valence-corrected chi connectivity index (χ0v) is 12.6. The van der Waals surface area contributed by atoms with Gasteiger partial charge in [-0.05, 0) is 63.4 Å². The van der Waals surface area contributed by atoms with Gasteiger partial charge in [-0.25, -0.2) is 0 Å². The smallest absolute Gasteiger partial charge is 0.0707 e. The molecule has 0 radical (unpaired) electrons. The van der Waals surface area contributed by atoms with E-state index in [2.05, 4.69) is 37.8 Å². The molecule has 1 heterocycles. The van der Waals surface area contributed by atoms with Gasteiger partial charge in [0.2, 0.25) is 0 Å². The van der Waals surface area contributed by atoms with Gasteiger partial charge in [0, 0.05) is 13.0 Å². The van der Waals surface area contributed by atoms with Crippen molar-refractivity contribution >= 4 is 0 Å². The fourth-order valence-electron chi connectivity index (χ4n) is 3.27. The van der Waals surface area contributed by atoms with E-state index in [0.29, 0.717) is 0 Å². The summed E-state index contributed by atoms with van der Waals surface area (Å²) in [6.07, 6.45) is 4.47. The van der Waals surface area contributed by atoms with E-state index in [1.165, 1.54) is 41.5 Å². The topological polar surface area (TPSA) is 23.5 Å². The lowest BCUT2D eigenvalue weighted by atomic mass is 9.95. The van der Waals surface area contributed by atoms with E-state index in [4.69, 9.17) is 0 Å². The van der Waals surface area contributed by atoms with Crippen molar-refractivity contribution < 1.29 is 5.11 Å². The largest absolute Gasteiger partial charge is 0.391 e. The summed E-state index contributed by atoms with van der Waals surface area (Å²) in [7, 11) is 0. The lowest BCUT2D eigenvalue weighted by Crippen LogP contribution is -2.37. The average molecular weight is 261 g/mol. The third-order valence-corrected chi connectivity index (χ3v) is 4.20. The highest BCUT2D eigenvalue weighted by molar-refractivity contribution is 5.37. The molecule has 0 spiro atoms. The maximum absolute atomic E-state index is 10.3. The number of nitrogens with zero attached hydrogens (tertiary/aromatic N) is 1. The number of hydrogen-bond acceptors (Lipinski definition) is 2. The Morgan fingerprint density at radius 2 is 1.63 bits per heavy atom. The summed E-state index contributed by atoms with van der Waals surface area (Å²) in [5.74, 6) is 0. The standard InChI is InChI=1S/C17H27NO/c1-13-9-14(2)17(15(3)10-13)11-16(19)12-18-7-5-4-6-8-18/h9-10,16,19H,4-8,11-12H2,1-3H3. The van der Waals surface area contributed by atoms with Crippen molar-refractivity contribution in [1.29, 1.82) is 0 Å². The predicted molar refractivity (Wildman–Crippen MR) is 80.7 cm³/mol. The monoisotopic (exact) mass is 261 g/mol. The third-order valence-electron chi connectivity index (χ3n) is 4.20. The molecule has 1 fully saturated rings. The van der Waals surface area contributed by atoms with Crippen LogP contribution >= 0.6 is 0 Å². The Morgan fingerprint density at radius 1 is 1.05 bits per heavy atom. The van der Waals surface area contributed by atoms with Crippen LogP contribution in [-0.2, 0) is 6.42 Å². The van der Waals surface area contributed by atoms with Crippen LogP contribution in [0.4, 0.5) is 0 Å². The van der Waals surface area contributed by atoms with Crippen molar-refractivity contribution in [2.24, 2.45) is 0 Å². The molecule has 1 aliphatic heterocycles. The van der Waals surface area contributed by atoms with E-state index in [9.17, 15) is 5.11 Å². The Balaban J connectivity index is 1.96. The fourth-order valence-corrected chi connectivity index (χ4v) is 3.27. The van der Waals surface area contributed by atoms with Crippen LogP contribution in [0.2, 0.25) is 0 Å². The molecule has 0 bridgehead atoms. The second-order valence-electron chi connectivity index (χ2n) is 6.10. The van der Waals surface area contributed by atoms with E-state index in [1.807, 2.05) is 0 Å². The first kappa shape index (κ1) is 14.5. The molecule has 2 nitrogen and oxygen atoms in total. The number of rotatable bonds is 4. The molecule has 0 saturated carbocycles. The average Bonchev–Trinajstić information content (AvgIpc) is 2.35. The van der Waals surface area contributed by atoms with Crippen LogP contribution in [-0.4, -0.2) is 35.7 Å². The summed E-state index contributed by atoms with van der Waals surface area (Å²) >= 11 is 0. The zero-order valence-electron chi connectivity index (χ0n) is 12.6. The van der Waals surface area contributed by atoms with Gasteiger partial charge in [-0.3, -0.25) is 0 Å². The van der Waals surface area contributed by atoms with Crippen LogP contribution in [0.25, 0.3) is 0 Å². The Kier molecular flexibility index (Phi) is 5.00. The van der Waals surface area contributed by atoms with Crippen molar-refractivity contribution in [3.8, 4) is 0 Å². The van der Waals surface area contributed by atoms with Crippen LogP contribution in [0.5, 0.6) is 0 Å². The Bertz CT molecular complexity index is 398. The van der Waals surface area contributed by atoms with E-state index in [0.717, 1.165) is 26.1 Å². The van der Waals surface area contributed by atoms with E-state index in [-0.39, 0.29) is 6.10 Å². The molecule has 0 aromatic heterocycles. The summed E-state index contributed by atoms with van der Waals surface area (Å²) < 4.78 is 0. The number of hydrogen-bond donors (Lipinski definition) is 1. The molecule has 1 unspecified atom stereocenters. The van der Waals surface area contributed by atoms with Crippen molar-refractivity contribution in [3.05, 3.63) is 34.4 Å². The number of benzene rings is 1. The third kappa shape index (κ3) is 4.05. The van der Waals surface area contributed by atoms with Crippen LogP contribution < -0.4 is 0 Å². The van der Waals surface area contributed by atoms with Gasteiger partial charge in [-0.15, -0.1) is 0 Å². The number of β-amino-alcohol motifs (C(OH)–C–C–N with tert-alkyl or cyclic N) is 1. The zero-order chi connectivity index (χ0) is 13.8. The molecule has 1 aromatic rings. The van der Waals surface area contributed by atoms with Gasteiger partial charge >= 0.3 is 0 Å². The number of aliphatic hydroxyl groups is 1. The molecule has 2 heteroatoms. The van der Waals surface area contributed by atoms with Crippen molar-refractivity contribution in [2.75, 3.05) is 19.6 Å². The summed E-state index contributed by atoms with van der Waals surface area (Å²) in [5.41, 5.74) is 5.27. The van der Waals surface area contributed by atoms with Crippen molar-refractivity contribution in [2.45, 2.75) is 52.6 Å². The van der Waals surface area contributed by atoms with Crippen molar-refractivity contribution in [3.63, 3.8) is 0 Å². The normalized spacial score (nSPS) is 18.5. The van der Waals surface area contributed by atoms with Gasteiger partial charge in [0.25, 0.3) is 0 Å². The van der Waals surface area contributed by atoms with Crippen LogP contribution in [0.1, 0.15) is 41.5 Å². The molecule has 0 amide bonds. The molecular weight excluding hydrogens is 234 g/mol. The van der Waals surface area contributed by atoms with Gasteiger partial charge in [0.05, 0.1) is 6.10 Å². The first-order valence-electron chi connectivity index (χ1n) is 7.53. The number of aryl methyl sites for hydroxylation is 3. The molecule has 1 atom stereocenters. The highest BCUT2D eigenvalue weighted by Crippen LogP contribution is 2.19. The molecule has 1 aliphatic rings. The summed E-state index contributed by atoms with van der Waals surface area (Å²) in [4.78, 5) is 2.41. The SMILES string of the molecule is Cc1cc(C)c(CC(O)CN2CCCCC2)c(C)c1. The van der Waals surface area contributed by atoms with E-state index >= 15 is 0 Å². The maximum Gasteiger partial charge on any atom is 0.0707 e. The Morgan fingerprint density at radius 3 is 2.21 bits per heavy atom. The van der Waals surface area contributed by atoms with Gasteiger partial charge in [0.1, 0.15) is 0 Å². The quantitative estimate of drug-likeness (QED) is 0.900. The first-order valence-corrected chi connectivity index (χ1v) is 7.53. The second kappa shape index (κ2) is 6.53. The van der Waals surface area contributed by atoms with Gasteiger partial charge in [0.15, 0.2) is 0 Å². The Labute approximate surface area is 117 Å². The van der Waals surface area contributed by atoms with Gasteiger partial charge < -0.3 is 10.0 Å². The van der Waals surface area contributed by atoms with Crippen LogP contribution in [0.3, 0.4) is 0 Å². The lowest BCUT2D eigenvalue weighted by Gasteiger charge is -2.29. The molecule has 106 valence electrons. The van der Waals surface area contributed by atoms with Crippen LogP contribution in [0.15, 0.2) is 12.1 Å². The molecule has 2 rings (SSSR count). The van der Waals surface area contributed by atoms with E-state index in [1.54, 1.807) is 0 Å². The predicted octanol–water partition coefficient (Wildman–Crippen LogP) is 3.00.